The van der Waals surface area contributed by atoms with Crippen LogP contribution in [0.15, 0.2) is 29.6 Å². The molecular formula is C11H16N4O3. The molecule has 1 rings (SSSR count). The summed E-state index contributed by atoms with van der Waals surface area (Å²) < 4.78 is 5.31. The molecule has 0 bridgehead atoms. The number of nitrogens with one attached hydrogen (secondary N) is 1. The Hall–Kier alpha value is -2.15. The van der Waals surface area contributed by atoms with Crippen molar-refractivity contribution in [2.45, 2.75) is 12.5 Å². The molecule has 0 unspecified atom stereocenters. The maximum atomic E-state index is 11.0. The number of primary amides is 1. The Morgan fingerprint density at radius 1 is 1.39 bits per heavy atom. The molecule has 0 saturated heterocycles. The van der Waals surface area contributed by atoms with Crippen molar-refractivity contribution in [3.8, 4) is 5.75 Å². The van der Waals surface area contributed by atoms with Gasteiger partial charge in [0.1, 0.15) is 18.4 Å². The third-order valence-corrected chi connectivity index (χ3v) is 2.30. The van der Waals surface area contributed by atoms with Gasteiger partial charge < -0.3 is 16.2 Å². The van der Waals surface area contributed by atoms with Gasteiger partial charge in [-0.1, -0.05) is 12.1 Å². The summed E-state index contributed by atoms with van der Waals surface area (Å²) in [5, 5.41) is 2.47. The lowest BCUT2D eigenvalue weighted by atomic mass is 10.1. The zero-order chi connectivity index (χ0) is 13.4. The first kappa shape index (κ1) is 13.9. The molecular weight excluding hydrogens is 236 g/mol. The molecule has 1 amide bonds. The van der Waals surface area contributed by atoms with E-state index in [0.717, 1.165) is 5.56 Å². The maximum Gasteiger partial charge on any atom is 0.242 e. The Kier molecular flexibility index (Phi) is 5.59. The average molecular weight is 252 g/mol. The van der Waals surface area contributed by atoms with E-state index in [2.05, 4.69) is 10.7 Å². The van der Waals surface area contributed by atoms with Gasteiger partial charge in [0, 0.05) is 13.0 Å². The SMILES string of the molecule is NCCOc1ccc(C[C@H](NN=O)C(N)=O)cc1. The van der Waals surface area contributed by atoms with E-state index in [4.69, 9.17) is 16.2 Å². The van der Waals surface area contributed by atoms with E-state index >= 15 is 0 Å². The smallest absolute Gasteiger partial charge is 0.242 e. The minimum atomic E-state index is -0.807. The van der Waals surface area contributed by atoms with E-state index in [-0.39, 0.29) is 6.42 Å². The van der Waals surface area contributed by atoms with Crippen molar-refractivity contribution < 1.29 is 9.53 Å². The van der Waals surface area contributed by atoms with Gasteiger partial charge in [0.25, 0.3) is 0 Å². The minimum Gasteiger partial charge on any atom is -0.492 e. The van der Waals surface area contributed by atoms with Crippen molar-refractivity contribution in [1.82, 2.24) is 5.43 Å². The summed E-state index contributed by atoms with van der Waals surface area (Å²) in [6.07, 6.45) is 0.290. The largest absolute Gasteiger partial charge is 0.492 e. The molecule has 0 radical (unpaired) electrons. The van der Waals surface area contributed by atoms with Crippen LogP contribution in [0.25, 0.3) is 0 Å². The highest BCUT2D eigenvalue weighted by Crippen LogP contribution is 2.13. The molecule has 98 valence electrons. The molecule has 0 aliphatic rings. The van der Waals surface area contributed by atoms with Gasteiger partial charge in [-0.15, -0.1) is 4.91 Å². The lowest BCUT2D eigenvalue weighted by Gasteiger charge is -2.11. The zero-order valence-electron chi connectivity index (χ0n) is 9.83. The molecule has 7 nitrogen and oxygen atoms in total. The monoisotopic (exact) mass is 252 g/mol. The summed E-state index contributed by atoms with van der Waals surface area (Å²) in [6, 6.07) is 6.29. The molecule has 0 fully saturated rings. The second-order valence-electron chi connectivity index (χ2n) is 3.66. The normalized spacial score (nSPS) is 11.6. The van der Waals surface area contributed by atoms with E-state index in [1.165, 1.54) is 0 Å². The number of hydrogen-bond donors (Lipinski definition) is 3. The fourth-order valence-corrected chi connectivity index (χ4v) is 1.41. The number of benzene rings is 1. The molecule has 0 aliphatic heterocycles. The summed E-state index contributed by atoms with van der Waals surface area (Å²) in [6.45, 7) is 0.889. The minimum absolute atomic E-state index is 0.290. The van der Waals surface area contributed by atoms with Crippen LogP contribution in [0.1, 0.15) is 5.56 Å². The van der Waals surface area contributed by atoms with Crippen molar-refractivity contribution in [2.24, 2.45) is 16.8 Å². The Morgan fingerprint density at radius 2 is 2.06 bits per heavy atom. The summed E-state index contributed by atoms with van der Waals surface area (Å²) in [5.74, 6) is 0.0688. The van der Waals surface area contributed by atoms with Crippen LogP contribution in [0.3, 0.4) is 0 Å². The maximum absolute atomic E-state index is 11.0. The van der Waals surface area contributed by atoms with E-state index in [1.54, 1.807) is 24.3 Å². The van der Waals surface area contributed by atoms with Crippen LogP contribution in [0, 0.1) is 4.91 Å². The summed E-state index contributed by atoms with van der Waals surface area (Å²) >= 11 is 0. The van der Waals surface area contributed by atoms with Crippen LogP contribution in [-0.2, 0) is 11.2 Å². The molecule has 5 N–H and O–H groups in total. The Bertz CT molecular complexity index is 394. The fraction of sp³-hybridized carbons (Fsp3) is 0.364. The van der Waals surface area contributed by atoms with Gasteiger partial charge in [-0.3, -0.25) is 10.2 Å². The van der Waals surface area contributed by atoms with Gasteiger partial charge in [-0.2, -0.15) is 0 Å². The first-order chi connectivity index (χ1) is 8.67. The molecule has 1 aromatic carbocycles. The van der Waals surface area contributed by atoms with E-state index in [0.29, 0.717) is 18.9 Å². The topological polar surface area (TPSA) is 120 Å². The highest BCUT2D eigenvalue weighted by molar-refractivity contribution is 5.80. The van der Waals surface area contributed by atoms with Crippen LogP contribution in [0.5, 0.6) is 5.75 Å². The Balaban J connectivity index is 2.61. The quantitative estimate of drug-likeness (QED) is 0.433. The number of amides is 1. The van der Waals surface area contributed by atoms with Crippen LogP contribution >= 0.6 is 0 Å². The van der Waals surface area contributed by atoms with Gasteiger partial charge in [-0.05, 0) is 17.7 Å². The molecule has 0 heterocycles. The summed E-state index contributed by atoms with van der Waals surface area (Å²) in [4.78, 5) is 21.1. The van der Waals surface area contributed by atoms with Gasteiger partial charge in [0.05, 0.1) is 5.29 Å². The van der Waals surface area contributed by atoms with Crippen molar-refractivity contribution in [1.29, 1.82) is 0 Å². The van der Waals surface area contributed by atoms with Crippen molar-refractivity contribution in [3.05, 3.63) is 34.7 Å². The highest BCUT2D eigenvalue weighted by Gasteiger charge is 2.15. The first-order valence-corrected chi connectivity index (χ1v) is 5.46. The summed E-state index contributed by atoms with van der Waals surface area (Å²) in [7, 11) is 0. The lowest BCUT2D eigenvalue weighted by molar-refractivity contribution is -0.120. The Labute approximate surface area is 104 Å². The van der Waals surface area contributed by atoms with Gasteiger partial charge in [0.15, 0.2) is 0 Å². The molecule has 0 spiro atoms. The van der Waals surface area contributed by atoms with Gasteiger partial charge >= 0.3 is 0 Å². The zero-order valence-corrected chi connectivity index (χ0v) is 9.83. The average Bonchev–Trinajstić information content (AvgIpc) is 2.37. The second kappa shape index (κ2) is 7.23. The fourth-order valence-electron chi connectivity index (χ4n) is 1.41. The predicted molar refractivity (Wildman–Crippen MR) is 66.6 cm³/mol. The number of carbonyl (C=O) groups is 1. The van der Waals surface area contributed by atoms with Crippen molar-refractivity contribution >= 4 is 5.91 Å². The molecule has 0 aromatic heterocycles. The van der Waals surface area contributed by atoms with E-state index in [1.807, 2.05) is 0 Å². The van der Waals surface area contributed by atoms with Crippen molar-refractivity contribution in [2.75, 3.05) is 13.2 Å². The second-order valence-corrected chi connectivity index (χ2v) is 3.66. The van der Waals surface area contributed by atoms with Crippen LogP contribution in [0.4, 0.5) is 0 Å². The first-order valence-electron chi connectivity index (χ1n) is 5.46. The molecule has 0 saturated carbocycles. The number of nitrogens with zero attached hydrogens (tertiary/aromatic N) is 1. The third kappa shape index (κ3) is 4.38. The van der Waals surface area contributed by atoms with Crippen LogP contribution < -0.4 is 21.6 Å². The Morgan fingerprint density at radius 3 is 2.56 bits per heavy atom. The molecule has 1 aromatic rings. The standard InChI is InChI=1S/C11H16N4O3/c12-5-6-18-9-3-1-8(2-4-9)7-10(11(13)16)14-15-17/h1-4,10H,5-7,12H2,(H2,13,16)(H,14,17)/t10-/m0/s1. The van der Waals surface area contributed by atoms with E-state index < -0.39 is 11.9 Å². The van der Waals surface area contributed by atoms with Gasteiger partial charge in [0.2, 0.25) is 5.91 Å². The predicted octanol–water partition coefficient (Wildman–Crippen LogP) is -0.308. The number of rotatable bonds is 8. The number of nitrogens with two attached hydrogens (primary N) is 2. The number of nitroso groups, excluding NO2 is 1. The van der Waals surface area contributed by atoms with Crippen LogP contribution in [-0.4, -0.2) is 25.1 Å². The van der Waals surface area contributed by atoms with Crippen molar-refractivity contribution in [3.63, 3.8) is 0 Å². The molecule has 18 heavy (non-hydrogen) atoms. The summed E-state index contributed by atoms with van der Waals surface area (Å²) in [5.41, 5.74) is 13.4. The van der Waals surface area contributed by atoms with Crippen LogP contribution in [0.2, 0.25) is 0 Å². The molecule has 1 atom stereocenters. The molecule has 7 heteroatoms. The lowest BCUT2D eigenvalue weighted by Crippen LogP contribution is -2.40. The number of hydrogen-bond acceptors (Lipinski definition) is 5. The molecule has 0 aliphatic carbocycles. The third-order valence-electron chi connectivity index (χ3n) is 2.30. The highest BCUT2D eigenvalue weighted by atomic mass is 16.5. The van der Waals surface area contributed by atoms with E-state index in [9.17, 15) is 9.70 Å². The number of ether oxygens (including phenoxy) is 1. The van der Waals surface area contributed by atoms with Gasteiger partial charge in [-0.25, -0.2) is 0 Å². The number of carbonyl (C=O) groups excluding carboxylic acids is 1.